The molecule has 2 aromatic rings. The maximum absolute atomic E-state index is 12.9. The molecule has 0 N–H and O–H groups in total. The van der Waals surface area contributed by atoms with Crippen molar-refractivity contribution in [2.24, 2.45) is 5.10 Å². The van der Waals surface area contributed by atoms with Crippen LogP contribution in [-0.2, 0) is 9.53 Å². The Morgan fingerprint density at radius 2 is 1.69 bits per heavy atom. The van der Waals surface area contributed by atoms with Crippen LogP contribution in [0.3, 0.4) is 0 Å². The summed E-state index contributed by atoms with van der Waals surface area (Å²) in [5, 5.41) is 5.95. The number of esters is 1. The van der Waals surface area contributed by atoms with Gasteiger partial charge < -0.3 is 4.74 Å². The van der Waals surface area contributed by atoms with E-state index in [-0.39, 0.29) is 30.4 Å². The molecule has 26 heavy (non-hydrogen) atoms. The number of fused-ring (bicyclic) bond motifs is 1. The summed E-state index contributed by atoms with van der Waals surface area (Å²) in [6, 6.07) is 18.5. The number of benzene rings is 2. The summed E-state index contributed by atoms with van der Waals surface area (Å²) in [6.07, 6.45) is 4.17. The van der Waals surface area contributed by atoms with E-state index in [4.69, 9.17) is 4.74 Å². The normalized spacial score (nSPS) is 22.1. The highest BCUT2D eigenvalue weighted by molar-refractivity contribution is 6.02. The van der Waals surface area contributed by atoms with Gasteiger partial charge in [0.2, 0.25) is 0 Å². The van der Waals surface area contributed by atoms with Crippen molar-refractivity contribution in [2.75, 3.05) is 0 Å². The second-order valence-corrected chi connectivity index (χ2v) is 6.36. The molecule has 1 amide bonds. The zero-order chi connectivity index (χ0) is 17.9. The van der Waals surface area contributed by atoms with Crippen molar-refractivity contribution in [3.63, 3.8) is 0 Å². The number of rotatable bonds is 3. The Morgan fingerprint density at radius 1 is 1.00 bits per heavy atom. The quantitative estimate of drug-likeness (QED) is 0.802. The maximum atomic E-state index is 12.9. The van der Waals surface area contributed by atoms with E-state index in [0.29, 0.717) is 17.7 Å². The van der Waals surface area contributed by atoms with Gasteiger partial charge in [-0.2, -0.15) is 5.10 Å². The Hall–Kier alpha value is -3.21. The molecule has 0 unspecified atom stereocenters. The maximum Gasteiger partial charge on any atom is 0.308 e. The highest BCUT2D eigenvalue weighted by atomic mass is 16.6. The Kier molecular flexibility index (Phi) is 4.35. The van der Waals surface area contributed by atoms with Crippen LogP contribution in [0.4, 0.5) is 0 Å². The van der Waals surface area contributed by atoms with Crippen molar-refractivity contribution >= 4 is 23.7 Å². The van der Waals surface area contributed by atoms with Gasteiger partial charge in [-0.15, -0.1) is 0 Å². The zero-order valence-electron chi connectivity index (χ0n) is 14.1. The lowest BCUT2D eigenvalue weighted by atomic mass is 10.00. The molecule has 2 aromatic carbocycles. The Morgan fingerprint density at radius 3 is 2.42 bits per heavy atom. The summed E-state index contributed by atoms with van der Waals surface area (Å²) in [5.74, 6) is -0.501. The molecule has 2 aliphatic heterocycles. The average Bonchev–Trinajstić information content (AvgIpc) is 3.06. The number of hydrazone groups is 1. The first-order valence-corrected chi connectivity index (χ1v) is 8.59. The highest BCUT2D eigenvalue weighted by Gasteiger charge is 2.44. The van der Waals surface area contributed by atoms with Crippen LogP contribution in [0.5, 0.6) is 0 Å². The number of allylic oxidation sites excluding steroid dienone is 1. The molecule has 5 heteroatoms. The van der Waals surface area contributed by atoms with E-state index < -0.39 is 0 Å². The molecule has 5 nitrogen and oxygen atoms in total. The smallest absolute Gasteiger partial charge is 0.308 e. The second-order valence-electron chi connectivity index (χ2n) is 6.36. The predicted molar refractivity (Wildman–Crippen MR) is 98.4 cm³/mol. The summed E-state index contributed by atoms with van der Waals surface area (Å²) < 4.78 is 5.42. The summed E-state index contributed by atoms with van der Waals surface area (Å²) in [4.78, 5) is 24.7. The number of hydrogen-bond donors (Lipinski definition) is 0. The average molecular weight is 346 g/mol. The van der Waals surface area contributed by atoms with Gasteiger partial charge in [0.1, 0.15) is 12.1 Å². The van der Waals surface area contributed by atoms with E-state index in [1.165, 1.54) is 5.01 Å². The number of ether oxygens (including phenoxy) is 1. The van der Waals surface area contributed by atoms with Gasteiger partial charge in [0.25, 0.3) is 5.91 Å². The molecule has 0 bridgehead atoms. The Bertz CT molecular complexity index is 875. The monoisotopic (exact) mass is 346 g/mol. The third-order valence-corrected chi connectivity index (χ3v) is 4.54. The van der Waals surface area contributed by atoms with Crippen molar-refractivity contribution in [1.82, 2.24) is 5.01 Å². The molecule has 130 valence electrons. The lowest BCUT2D eigenvalue weighted by Gasteiger charge is -2.31. The predicted octanol–water partition coefficient (Wildman–Crippen LogP) is 3.29. The molecule has 1 saturated heterocycles. The van der Waals surface area contributed by atoms with Crippen LogP contribution < -0.4 is 0 Å². The first-order chi connectivity index (χ1) is 12.7. The minimum atomic E-state index is -0.344. The third kappa shape index (κ3) is 3.28. The summed E-state index contributed by atoms with van der Waals surface area (Å²) in [5.41, 5.74) is 2.30. The first-order valence-electron chi connectivity index (χ1n) is 8.59. The molecule has 2 aliphatic rings. The third-order valence-electron chi connectivity index (χ3n) is 4.54. The standard InChI is InChI=1S/C21H18N2O3/c24-20-14-18-19(26-20)13-17(12-11-15-7-3-1-4-8-15)22-23(18)21(25)16-9-5-2-6-10-16/h1-12,18-19H,13-14H2/b12-11+/t18-,19-/m1/s1. The molecule has 0 saturated carbocycles. The van der Waals surface area contributed by atoms with E-state index in [0.717, 1.165) is 5.56 Å². The molecule has 1 fully saturated rings. The van der Waals surface area contributed by atoms with Gasteiger partial charge in [-0.05, 0) is 23.8 Å². The van der Waals surface area contributed by atoms with E-state index >= 15 is 0 Å². The number of carbonyl (C=O) groups is 2. The molecule has 2 heterocycles. The number of nitrogens with zero attached hydrogens (tertiary/aromatic N) is 2. The van der Waals surface area contributed by atoms with Crippen LogP contribution in [0.1, 0.15) is 28.8 Å². The van der Waals surface area contributed by atoms with Crippen molar-refractivity contribution < 1.29 is 14.3 Å². The molecule has 4 rings (SSSR count). The highest BCUT2D eigenvalue weighted by Crippen LogP contribution is 2.29. The van der Waals surface area contributed by atoms with Crippen LogP contribution in [0.25, 0.3) is 6.08 Å². The van der Waals surface area contributed by atoms with Gasteiger partial charge in [-0.3, -0.25) is 9.59 Å². The number of amides is 1. The zero-order valence-corrected chi connectivity index (χ0v) is 14.1. The molecule has 2 atom stereocenters. The number of hydrogen-bond acceptors (Lipinski definition) is 4. The van der Waals surface area contributed by atoms with Crippen LogP contribution >= 0.6 is 0 Å². The van der Waals surface area contributed by atoms with Crippen LogP contribution in [0, 0.1) is 0 Å². The van der Waals surface area contributed by atoms with Crippen LogP contribution in [0.2, 0.25) is 0 Å². The fraction of sp³-hybridized carbons (Fsp3) is 0.190. The summed E-state index contributed by atoms with van der Waals surface area (Å²) in [7, 11) is 0. The SMILES string of the molecule is O=C1C[C@@H]2[C@@H](CC(/C=C/c3ccccc3)=NN2C(=O)c2ccccc2)O1. The molecule has 0 radical (unpaired) electrons. The molecular formula is C21H18N2O3. The summed E-state index contributed by atoms with van der Waals surface area (Å²) in [6.45, 7) is 0. The van der Waals surface area contributed by atoms with E-state index in [9.17, 15) is 9.59 Å². The van der Waals surface area contributed by atoms with E-state index in [2.05, 4.69) is 5.10 Å². The minimum absolute atomic E-state index is 0.183. The largest absolute Gasteiger partial charge is 0.460 e. The fourth-order valence-corrected chi connectivity index (χ4v) is 3.25. The van der Waals surface area contributed by atoms with Crippen molar-refractivity contribution in [2.45, 2.75) is 25.0 Å². The van der Waals surface area contributed by atoms with E-state index in [1.54, 1.807) is 12.1 Å². The Labute approximate surface area is 151 Å². The van der Waals surface area contributed by atoms with Gasteiger partial charge in [0.05, 0.1) is 12.1 Å². The van der Waals surface area contributed by atoms with Crippen molar-refractivity contribution in [3.8, 4) is 0 Å². The molecule has 0 aliphatic carbocycles. The minimum Gasteiger partial charge on any atom is -0.460 e. The number of carbonyl (C=O) groups excluding carboxylic acids is 2. The van der Waals surface area contributed by atoms with Crippen LogP contribution in [0.15, 0.2) is 71.8 Å². The van der Waals surface area contributed by atoms with Crippen molar-refractivity contribution in [3.05, 3.63) is 77.9 Å². The van der Waals surface area contributed by atoms with Gasteiger partial charge in [0, 0.05) is 12.0 Å². The fourth-order valence-electron chi connectivity index (χ4n) is 3.25. The first kappa shape index (κ1) is 16.3. The lowest BCUT2D eigenvalue weighted by molar-refractivity contribution is -0.141. The van der Waals surface area contributed by atoms with E-state index in [1.807, 2.05) is 60.7 Å². The molecular weight excluding hydrogens is 328 g/mol. The van der Waals surface area contributed by atoms with Gasteiger partial charge in [0.15, 0.2) is 0 Å². The van der Waals surface area contributed by atoms with Gasteiger partial charge in [-0.1, -0.05) is 54.6 Å². The molecule has 0 spiro atoms. The lowest BCUT2D eigenvalue weighted by Crippen LogP contribution is -2.46. The van der Waals surface area contributed by atoms with Crippen LogP contribution in [-0.4, -0.2) is 34.7 Å². The van der Waals surface area contributed by atoms with Gasteiger partial charge >= 0.3 is 5.97 Å². The summed E-state index contributed by atoms with van der Waals surface area (Å²) >= 11 is 0. The topological polar surface area (TPSA) is 59.0 Å². The van der Waals surface area contributed by atoms with Gasteiger partial charge in [-0.25, -0.2) is 5.01 Å². The van der Waals surface area contributed by atoms with Crippen molar-refractivity contribution in [1.29, 1.82) is 0 Å². The molecule has 0 aromatic heterocycles. The Balaban J connectivity index is 1.64. The second kappa shape index (κ2) is 6.96.